The second-order valence-corrected chi connectivity index (χ2v) is 3.22. The van der Waals surface area contributed by atoms with Gasteiger partial charge in [-0.3, -0.25) is 0 Å². The van der Waals surface area contributed by atoms with Gasteiger partial charge in [-0.15, -0.1) is 0 Å². The fourth-order valence-corrected chi connectivity index (χ4v) is 1.34. The molecule has 6 heteroatoms. The Morgan fingerprint density at radius 1 is 1.46 bits per heavy atom. The molecular weight excluding hydrogens is 208 g/mol. The molecule has 1 aromatic carbocycles. The van der Waals surface area contributed by atoms with E-state index in [4.69, 9.17) is 23.8 Å². The largest absolute Gasteiger partial charge is 0.231 e. The van der Waals surface area contributed by atoms with Crippen molar-refractivity contribution in [2.45, 2.75) is 0 Å². The van der Waals surface area contributed by atoms with Crippen LogP contribution in [0.5, 0.6) is 0 Å². The zero-order valence-corrected chi connectivity index (χ0v) is 8.01. The van der Waals surface area contributed by atoms with Gasteiger partial charge in [-0.2, -0.15) is 4.68 Å². The topological polar surface area (TPSA) is 46.5 Å². The Balaban J connectivity index is 2.59. The molecule has 13 heavy (non-hydrogen) atoms. The number of rotatable bonds is 1. The summed E-state index contributed by atoms with van der Waals surface area (Å²) in [6.07, 6.45) is 0. The highest BCUT2D eigenvalue weighted by atomic mass is 35.5. The maximum atomic E-state index is 5.81. The average Bonchev–Trinajstić information content (AvgIpc) is 2.51. The monoisotopic (exact) mass is 212 g/mol. The molecule has 0 radical (unpaired) electrons. The predicted octanol–water partition coefficient (Wildman–Crippen LogP) is 1.98. The van der Waals surface area contributed by atoms with Gasteiger partial charge in [-0.1, -0.05) is 17.7 Å². The molecule has 0 bridgehead atoms. The lowest BCUT2D eigenvalue weighted by Crippen LogP contribution is -1.95. The number of benzene rings is 1. The lowest BCUT2D eigenvalue weighted by molar-refractivity contribution is 0.786. The van der Waals surface area contributed by atoms with E-state index < -0.39 is 0 Å². The number of hydrogen-bond donors (Lipinski definition) is 1. The Morgan fingerprint density at radius 2 is 2.31 bits per heavy atom. The van der Waals surface area contributed by atoms with Gasteiger partial charge in [0.1, 0.15) is 0 Å². The zero-order valence-electron chi connectivity index (χ0n) is 6.44. The van der Waals surface area contributed by atoms with Crippen molar-refractivity contribution in [3.05, 3.63) is 34.1 Å². The summed E-state index contributed by atoms with van der Waals surface area (Å²) in [5.74, 6) is 0. The normalized spacial score (nSPS) is 10.2. The first kappa shape index (κ1) is 8.40. The molecule has 66 valence electrons. The highest BCUT2D eigenvalue weighted by Crippen LogP contribution is 2.13. The molecule has 0 unspecified atom stereocenters. The minimum atomic E-state index is 0.447. The summed E-state index contributed by atoms with van der Waals surface area (Å²) in [4.78, 5) is 0. The molecular formula is C7H5ClN4S. The van der Waals surface area contributed by atoms with E-state index in [1.165, 1.54) is 4.68 Å². The molecule has 0 saturated carbocycles. The Hall–Kier alpha value is -1.20. The molecule has 0 aliphatic heterocycles. The number of nitrogens with zero attached hydrogens (tertiary/aromatic N) is 3. The molecule has 1 aromatic heterocycles. The van der Waals surface area contributed by atoms with Crippen molar-refractivity contribution in [2.75, 3.05) is 0 Å². The second kappa shape index (κ2) is 3.27. The van der Waals surface area contributed by atoms with Crippen molar-refractivity contribution >= 4 is 23.8 Å². The van der Waals surface area contributed by atoms with Crippen LogP contribution in [0.1, 0.15) is 0 Å². The smallest absolute Gasteiger partial charge is 0.218 e. The second-order valence-electron chi connectivity index (χ2n) is 2.40. The van der Waals surface area contributed by atoms with Gasteiger partial charge in [0.2, 0.25) is 4.77 Å². The van der Waals surface area contributed by atoms with Crippen LogP contribution in [-0.4, -0.2) is 20.2 Å². The Kier molecular flexibility index (Phi) is 2.12. The molecule has 0 saturated heterocycles. The number of tetrazole rings is 1. The van der Waals surface area contributed by atoms with Crippen LogP contribution in [-0.2, 0) is 0 Å². The lowest BCUT2D eigenvalue weighted by atomic mass is 10.3. The molecule has 0 aliphatic rings. The van der Waals surface area contributed by atoms with Crippen LogP contribution in [0.25, 0.3) is 5.69 Å². The van der Waals surface area contributed by atoms with E-state index in [9.17, 15) is 0 Å². The third kappa shape index (κ3) is 1.61. The summed E-state index contributed by atoms with van der Waals surface area (Å²) in [7, 11) is 0. The van der Waals surface area contributed by atoms with Gasteiger partial charge in [-0.05, 0) is 40.8 Å². The van der Waals surface area contributed by atoms with Crippen molar-refractivity contribution in [1.82, 2.24) is 20.2 Å². The molecule has 0 aliphatic carbocycles. The highest BCUT2D eigenvalue weighted by Gasteiger charge is 1.99. The van der Waals surface area contributed by atoms with Crippen molar-refractivity contribution in [2.24, 2.45) is 0 Å². The first-order valence-corrected chi connectivity index (χ1v) is 4.32. The molecule has 1 heterocycles. The van der Waals surface area contributed by atoms with Gasteiger partial charge in [0.25, 0.3) is 0 Å². The summed E-state index contributed by atoms with van der Waals surface area (Å²) in [6.45, 7) is 0. The molecule has 0 fully saturated rings. The highest BCUT2D eigenvalue weighted by molar-refractivity contribution is 7.71. The minimum absolute atomic E-state index is 0.447. The average molecular weight is 213 g/mol. The lowest BCUT2D eigenvalue weighted by Gasteiger charge is -1.98. The van der Waals surface area contributed by atoms with E-state index >= 15 is 0 Å². The van der Waals surface area contributed by atoms with Gasteiger partial charge >= 0.3 is 0 Å². The quantitative estimate of drug-likeness (QED) is 0.736. The van der Waals surface area contributed by atoms with Crippen molar-refractivity contribution in [3.63, 3.8) is 0 Å². The maximum absolute atomic E-state index is 5.81. The maximum Gasteiger partial charge on any atom is 0.218 e. The number of nitrogens with one attached hydrogen (secondary N) is 1. The van der Waals surface area contributed by atoms with E-state index in [1.807, 2.05) is 12.1 Å². The van der Waals surface area contributed by atoms with E-state index in [-0.39, 0.29) is 0 Å². The van der Waals surface area contributed by atoms with Crippen molar-refractivity contribution < 1.29 is 0 Å². The van der Waals surface area contributed by atoms with E-state index in [0.717, 1.165) is 5.69 Å². The molecule has 0 atom stereocenters. The minimum Gasteiger partial charge on any atom is -0.231 e. The van der Waals surface area contributed by atoms with Gasteiger partial charge in [-0.25, -0.2) is 5.10 Å². The molecule has 2 rings (SSSR count). The van der Waals surface area contributed by atoms with Crippen LogP contribution in [0.2, 0.25) is 5.02 Å². The third-order valence-corrected chi connectivity index (χ3v) is 2.02. The van der Waals surface area contributed by atoms with Crippen LogP contribution in [0.3, 0.4) is 0 Å². The van der Waals surface area contributed by atoms with E-state index in [1.54, 1.807) is 12.1 Å². The number of halogens is 1. The Bertz CT molecular complexity index is 475. The van der Waals surface area contributed by atoms with Gasteiger partial charge < -0.3 is 0 Å². The van der Waals surface area contributed by atoms with Crippen LogP contribution in [0.4, 0.5) is 0 Å². The summed E-state index contributed by atoms with van der Waals surface area (Å²) in [6, 6.07) is 7.23. The summed E-state index contributed by atoms with van der Waals surface area (Å²) < 4.78 is 1.95. The van der Waals surface area contributed by atoms with Crippen LogP contribution < -0.4 is 0 Å². The van der Waals surface area contributed by atoms with Crippen molar-refractivity contribution in [1.29, 1.82) is 0 Å². The van der Waals surface area contributed by atoms with Gasteiger partial charge in [0, 0.05) is 5.02 Å². The summed E-state index contributed by atoms with van der Waals surface area (Å²) in [5, 5.41) is 10.5. The fourth-order valence-electron chi connectivity index (χ4n) is 0.975. The number of aromatic nitrogens is 4. The van der Waals surface area contributed by atoms with Gasteiger partial charge in [0.15, 0.2) is 0 Å². The number of hydrogen-bond acceptors (Lipinski definition) is 3. The SMILES string of the molecule is S=c1[nH]nnn1-c1cccc(Cl)c1. The molecule has 2 aromatic rings. The molecule has 4 nitrogen and oxygen atoms in total. The number of H-pyrrole nitrogens is 1. The molecule has 1 N–H and O–H groups in total. The Labute approximate surface area is 84.1 Å². The zero-order chi connectivity index (χ0) is 9.26. The van der Waals surface area contributed by atoms with Gasteiger partial charge in [0.05, 0.1) is 5.69 Å². The van der Waals surface area contributed by atoms with E-state index in [2.05, 4.69) is 15.5 Å². The predicted molar refractivity (Wildman–Crippen MR) is 51.6 cm³/mol. The summed E-state index contributed by atoms with van der Waals surface area (Å²) >= 11 is 10.8. The van der Waals surface area contributed by atoms with Crippen molar-refractivity contribution in [3.8, 4) is 5.69 Å². The molecule has 0 amide bonds. The first-order valence-electron chi connectivity index (χ1n) is 3.54. The van der Waals surface area contributed by atoms with Crippen LogP contribution in [0, 0.1) is 4.77 Å². The fraction of sp³-hybridized carbons (Fsp3) is 0. The number of aromatic amines is 1. The van der Waals surface area contributed by atoms with Crippen LogP contribution in [0.15, 0.2) is 24.3 Å². The summed E-state index contributed by atoms with van der Waals surface area (Å²) in [5.41, 5.74) is 0.797. The Morgan fingerprint density at radius 3 is 2.92 bits per heavy atom. The standard InChI is InChI=1S/C7H5ClN4S/c8-5-2-1-3-6(4-5)12-7(13)9-10-11-12/h1-4H,(H,9,11,13). The third-order valence-electron chi connectivity index (χ3n) is 1.52. The first-order chi connectivity index (χ1) is 6.27. The van der Waals surface area contributed by atoms with Crippen LogP contribution >= 0.6 is 23.8 Å². The van der Waals surface area contributed by atoms with E-state index in [0.29, 0.717) is 9.79 Å². The molecule has 0 spiro atoms.